The summed E-state index contributed by atoms with van der Waals surface area (Å²) in [6.07, 6.45) is 1.33. The van der Waals surface area contributed by atoms with Crippen LogP contribution in [0.4, 0.5) is 5.69 Å². The molecule has 9 heteroatoms. The van der Waals surface area contributed by atoms with Crippen molar-refractivity contribution in [2.45, 2.75) is 13.1 Å². The molecule has 2 aromatic carbocycles. The fraction of sp³-hybridized carbons (Fsp3) is 0.105. The van der Waals surface area contributed by atoms with E-state index >= 15 is 0 Å². The van der Waals surface area contributed by atoms with Gasteiger partial charge in [0.2, 0.25) is 5.91 Å². The minimum Gasteiger partial charge on any atom is -0.325 e. The van der Waals surface area contributed by atoms with Crippen molar-refractivity contribution in [3.63, 3.8) is 0 Å². The first kappa shape index (κ1) is 17.9. The molecule has 8 nitrogen and oxygen atoms in total. The number of nitrogens with zero attached hydrogens (tertiary/aromatic N) is 5. The monoisotopic (exact) mass is 394 g/mol. The van der Waals surface area contributed by atoms with Crippen LogP contribution in [0.1, 0.15) is 5.56 Å². The lowest BCUT2D eigenvalue weighted by Gasteiger charge is -2.07. The minimum absolute atomic E-state index is 0.123. The molecule has 0 radical (unpaired) electrons. The number of hydrogen-bond acceptors (Lipinski definition) is 5. The van der Waals surface area contributed by atoms with Crippen LogP contribution in [-0.4, -0.2) is 30.5 Å². The van der Waals surface area contributed by atoms with E-state index in [0.29, 0.717) is 22.9 Å². The molecule has 0 unspecified atom stereocenters. The van der Waals surface area contributed by atoms with Crippen LogP contribution in [-0.2, 0) is 17.9 Å². The highest BCUT2D eigenvalue weighted by atomic mass is 35.5. The lowest BCUT2D eigenvalue weighted by molar-refractivity contribution is -0.116. The zero-order valence-corrected chi connectivity index (χ0v) is 15.4. The van der Waals surface area contributed by atoms with E-state index < -0.39 is 5.56 Å². The number of rotatable bonds is 5. The van der Waals surface area contributed by atoms with Crippen LogP contribution in [0.15, 0.2) is 65.7 Å². The fourth-order valence-electron chi connectivity index (χ4n) is 2.75. The van der Waals surface area contributed by atoms with Crippen molar-refractivity contribution in [3.8, 4) is 0 Å². The highest BCUT2D eigenvalue weighted by Gasteiger charge is 2.14. The van der Waals surface area contributed by atoms with Crippen LogP contribution in [0, 0.1) is 0 Å². The normalized spacial score (nSPS) is 10.9. The molecule has 4 rings (SSSR count). The van der Waals surface area contributed by atoms with Gasteiger partial charge in [-0.05, 0) is 29.8 Å². The Morgan fingerprint density at radius 1 is 1.07 bits per heavy atom. The Bertz CT molecular complexity index is 1180. The third-order valence-electron chi connectivity index (χ3n) is 4.11. The number of nitrogens with one attached hydrogen (secondary N) is 1. The molecule has 0 fully saturated rings. The van der Waals surface area contributed by atoms with Gasteiger partial charge in [-0.2, -0.15) is 0 Å². The van der Waals surface area contributed by atoms with Crippen LogP contribution >= 0.6 is 11.6 Å². The Labute approximate surface area is 164 Å². The van der Waals surface area contributed by atoms with E-state index in [1.807, 2.05) is 30.3 Å². The number of carbonyl (C=O) groups is 1. The largest absolute Gasteiger partial charge is 0.325 e. The van der Waals surface area contributed by atoms with Gasteiger partial charge in [0.1, 0.15) is 12.9 Å². The van der Waals surface area contributed by atoms with Crippen molar-refractivity contribution in [1.29, 1.82) is 0 Å². The maximum absolute atomic E-state index is 12.6. The topological polar surface area (TPSA) is 94.7 Å². The second-order valence-electron chi connectivity index (χ2n) is 6.14. The summed E-state index contributed by atoms with van der Waals surface area (Å²) in [7, 11) is 0. The van der Waals surface area contributed by atoms with Crippen molar-refractivity contribution in [2.75, 3.05) is 5.32 Å². The van der Waals surface area contributed by atoms with Gasteiger partial charge in [-0.3, -0.25) is 14.2 Å². The van der Waals surface area contributed by atoms with Gasteiger partial charge in [0.05, 0.1) is 6.54 Å². The average molecular weight is 395 g/mol. The summed E-state index contributed by atoms with van der Waals surface area (Å²) < 4.78 is 2.76. The van der Waals surface area contributed by atoms with Crippen LogP contribution in [0.2, 0.25) is 5.02 Å². The summed E-state index contributed by atoms with van der Waals surface area (Å²) in [5, 5.41) is 11.2. The number of fused-ring (bicyclic) bond motifs is 1. The molecule has 0 aliphatic rings. The van der Waals surface area contributed by atoms with E-state index in [1.165, 1.54) is 10.9 Å². The molecular formula is C19H15ClN6O2. The first-order valence-corrected chi connectivity index (χ1v) is 8.86. The lowest BCUT2D eigenvalue weighted by Crippen LogP contribution is -2.28. The molecule has 140 valence electrons. The molecule has 1 N–H and O–H groups in total. The predicted molar refractivity (Wildman–Crippen MR) is 105 cm³/mol. The molecule has 2 heterocycles. The van der Waals surface area contributed by atoms with Crippen molar-refractivity contribution in [3.05, 3.63) is 81.9 Å². The molecular weight excluding hydrogens is 380 g/mol. The highest BCUT2D eigenvalue weighted by Crippen LogP contribution is 2.13. The summed E-state index contributed by atoms with van der Waals surface area (Å²) in [6.45, 7) is 0.265. The van der Waals surface area contributed by atoms with E-state index in [9.17, 15) is 9.59 Å². The van der Waals surface area contributed by atoms with Crippen LogP contribution in [0.5, 0.6) is 0 Å². The van der Waals surface area contributed by atoms with Crippen LogP contribution in [0.3, 0.4) is 0 Å². The third kappa shape index (κ3) is 3.77. The smallest absolute Gasteiger partial charge is 0.283 e. The quantitative estimate of drug-likeness (QED) is 0.560. The van der Waals surface area contributed by atoms with Crippen LogP contribution in [0.25, 0.3) is 11.2 Å². The summed E-state index contributed by atoms with van der Waals surface area (Å²) in [5.74, 6) is -0.359. The molecule has 0 bridgehead atoms. The summed E-state index contributed by atoms with van der Waals surface area (Å²) >= 11 is 5.83. The fourth-order valence-corrected chi connectivity index (χ4v) is 2.88. The second kappa shape index (κ2) is 7.61. The Morgan fingerprint density at radius 2 is 1.82 bits per heavy atom. The Kier molecular flexibility index (Phi) is 4.86. The lowest BCUT2D eigenvalue weighted by atomic mass is 10.2. The maximum Gasteiger partial charge on any atom is 0.283 e. The highest BCUT2D eigenvalue weighted by molar-refractivity contribution is 6.30. The van der Waals surface area contributed by atoms with Crippen molar-refractivity contribution in [2.24, 2.45) is 0 Å². The van der Waals surface area contributed by atoms with Crippen LogP contribution < -0.4 is 10.9 Å². The van der Waals surface area contributed by atoms with Gasteiger partial charge in [0.25, 0.3) is 5.56 Å². The average Bonchev–Trinajstić information content (AvgIpc) is 3.10. The minimum atomic E-state index is -0.421. The second-order valence-corrected chi connectivity index (χ2v) is 6.57. The summed E-state index contributed by atoms with van der Waals surface area (Å²) in [6, 6.07) is 16.4. The number of benzene rings is 2. The zero-order chi connectivity index (χ0) is 19.5. The van der Waals surface area contributed by atoms with E-state index in [0.717, 1.165) is 5.56 Å². The van der Waals surface area contributed by atoms with Crippen molar-refractivity contribution >= 4 is 34.4 Å². The van der Waals surface area contributed by atoms with Gasteiger partial charge >= 0.3 is 0 Å². The number of halogens is 1. The van der Waals surface area contributed by atoms with Gasteiger partial charge in [-0.25, -0.2) is 9.67 Å². The Morgan fingerprint density at radius 3 is 2.57 bits per heavy atom. The Hall–Kier alpha value is -3.52. The molecule has 0 aliphatic heterocycles. The molecule has 0 aliphatic carbocycles. The van der Waals surface area contributed by atoms with Gasteiger partial charge in [0, 0.05) is 10.7 Å². The number of amides is 1. The number of aromatic nitrogens is 5. The summed E-state index contributed by atoms with van der Waals surface area (Å²) in [5.41, 5.74) is 1.68. The molecule has 0 saturated heterocycles. The molecule has 0 spiro atoms. The molecule has 2 aromatic heterocycles. The molecule has 0 atom stereocenters. The van der Waals surface area contributed by atoms with E-state index in [1.54, 1.807) is 28.9 Å². The van der Waals surface area contributed by atoms with E-state index in [4.69, 9.17) is 11.6 Å². The summed E-state index contributed by atoms with van der Waals surface area (Å²) in [4.78, 5) is 29.1. The van der Waals surface area contributed by atoms with Crippen molar-refractivity contribution in [1.82, 2.24) is 24.5 Å². The molecule has 28 heavy (non-hydrogen) atoms. The first-order valence-electron chi connectivity index (χ1n) is 8.48. The predicted octanol–water partition coefficient (Wildman–Crippen LogP) is 2.33. The number of carbonyl (C=O) groups excluding carboxylic acids is 1. The van der Waals surface area contributed by atoms with Gasteiger partial charge < -0.3 is 5.32 Å². The van der Waals surface area contributed by atoms with Gasteiger partial charge in [0.15, 0.2) is 11.2 Å². The molecule has 0 saturated carbocycles. The molecule has 4 aromatic rings. The standard InChI is InChI=1S/C19H15ClN6O2/c20-14-6-8-15(9-7-14)22-16(27)11-25-12-21-18-17(19(25)28)23-24-26(18)10-13-4-2-1-3-5-13/h1-9,12H,10-11H2,(H,22,27). The van der Waals surface area contributed by atoms with E-state index in [-0.39, 0.29) is 18.0 Å². The SMILES string of the molecule is O=C(Cn1cnc2c(nnn2Cc2ccccc2)c1=O)Nc1ccc(Cl)cc1. The van der Waals surface area contributed by atoms with Crippen molar-refractivity contribution < 1.29 is 4.79 Å². The zero-order valence-electron chi connectivity index (χ0n) is 14.6. The maximum atomic E-state index is 12.6. The van der Waals surface area contributed by atoms with Gasteiger partial charge in [-0.15, -0.1) is 5.10 Å². The Balaban J connectivity index is 1.54. The first-order chi connectivity index (χ1) is 13.6. The number of hydrogen-bond donors (Lipinski definition) is 1. The third-order valence-corrected chi connectivity index (χ3v) is 4.36. The van der Waals surface area contributed by atoms with E-state index in [2.05, 4.69) is 20.6 Å². The van der Waals surface area contributed by atoms with Gasteiger partial charge in [-0.1, -0.05) is 47.1 Å². The molecule has 1 amide bonds. The number of anilines is 1.